The summed E-state index contributed by atoms with van der Waals surface area (Å²) in [5.74, 6) is 0.721. The van der Waals surface area contributed by atoms with Gasteiger partial charge in [0.1, 0.15) is 14.6 Å². The molecular formula is C24H25BrN8OS. The molecule has 180 valence electrons. The van der Waals surface area contributed by atoms with Crippen molar-refractivity contribution in [3.8, 4) is 16.3 Å². The molecule has 2 atom stereocenters. The van der Waals surface area contributed by atoms with Gasteiger partial charge in [-0.15, -0.1) is 10.2 Å². The molecule has 2 aliphatic carbocycles. The number of anilines is 1. The minimum Gasteiger partial charge on any atom is -0.353 e. The van der Waals surface area contributed by atoms with Gasteiger partial charge in [0.2, 0.25) is 11.9 Å². The molecule has 3 aromatic heterocycles. The monoisotopic (exact) mass is 552 g/mol. The van der Waals surface area contributed by atoms with Crippen LogP contribution in [0.1, 0.15) is 44.0 Å². The van der Waals surface area contributed by atoms with Crippen LogP contribution in [-0.4, -0.2) is 47.9 Å². The summed E-state index contributed by atoms with van der Waals surface area (Å²) in [7, 11) is 0. The Labute approximate surface area is 214 Å². The lowest BCUT2D eigenvalue weighted by Crippen LogP contribution is -2.39. The quantitative estimate of drug-likeness (QED) is 0.358. The second-order valence-electron chi connectivity index (χ2n) is 9.70. The van der Waals surface area contributed by atoms with Gasteiger partial charge in [-0.25, -0.2) is 9.67 Å². The molecule has 2 N–H and O–H groups in total. The number of amides is 1. The van der Waals surface area contributed by atoms with E-state index in [1.54, 1.807) is 17.5 Å². The van der Waals surface area contributed by atoms with Crippen molar-refractivity contribution in [2.75, 3.05) is 5.32 Å². The summed E-state index contributed by atoms with van der Waals surface area (Å²) in [4.78, 5) is 22.0. The number of halogens is 1. The maximum absolute atomic E-state index is 12.7. The van der Waals surface area contributed by atoms with E-state index in [1.807, 2.05) is 35.9 Å². The van der Waals surface area contributed by atoms with Crippen molar-refractivity contribution in [3.05, 3.63) is 40.1 Å². The van der Waals surface area contributed by atoms with Gasteiger partial charge in [0, 0.05) is 29.3 Å². The number of hydrogen-bond acceptors (Lipinski definition) is 8. The van der Waals surface area contributed by atoms with Gasteiger partial charge < -0.3 is 10.6 Å². The Hall–Kier alpha value is -2.92. The first-order chi connectivity index (χ1) is 16.9. The minimum atomic E-state index is -0.345. The molecule has 0 aliphatic heterocycles. The van der Waals surface area contributed by atoms with Gasteiger partial charge in [-0.1, -0.05) is 18.3 Å². The molecule has 1 amide bonds. The molecule has 9 nitrogen and oxygen atoms in total. The number of benzene rings is 1. The highest BCUT2D eigenvalue weighted by atomic mass is 79.9. The van der Waals surface area contributed by atoms with Crippen LogP contribution >= 0.6 is 27.3 Å². The molecule has 35 heavy (non-hydrogen) atoms. The summed E-state index contributed by atoms with van der Waals surface area (Å²) >= 11 is 5.11. The fraction of sp³-hybridized carbons (Fsp3) is 0.417. The molecule has 3 heterocycles. The van der Waals surface area contributed by atoms with Crippen molar-refractivity contribution in [2.24, 2.45) is 5.41 Å². The van der Waals surface area contributed by atoms with Crippen molar-refractivity contribution in [3.63, 3.8) is 0 Å². The van der Waals surface area contributed by atoms with Crippen LogP contribution < -0.4 is 10.6 Å². The molecule has 4 aromatic rings. The van der Waals surface area contributed by atoms with Crippen molar-refractivity contribution in [1.82, 2.24) is 35.3 Å². The second kappa shape index (κ2) is 8.63. The Bertz CT molecular complexity index is 1410. The molecule has 0 spiro atoms. The van der Waals surface area contributed by atoms with Crippen LogP contribution in [0.5, 0.6) is 0 Å². The van der Waals surface area contributed by atoms with E-state index in [9.17, 15) is 4.79 Å². The lowest BCUT2D eigenvalue weighted by molar-refractivity contribution is -0.130. The fourth-order valence-corrected chi connectivity index (χ4v) is 5.75. The highest BCUT2D eigenvalue weighted by molar-refractivity contribution is 9.10. The van der Waals surface area contributed by atoms with Crippen molar-refractivity contribution >= 4 is 50.2 Å². The fourth-order valence-electron chi connectivity index (χ4n) is 4.62. The molecule has 1 aromatic carbocycles. The summed E-state index contributed by atoms with van der Waals surface area (Å²) in [6, 6.07) is 8.57. The van der Waals surface area contributed by atoms with E-state index in [0.717, 1.165) is 58.8 Å². The van der Waals surface area contributed by atoms with Gasteiger partial charge in [0.25, 0.3) is 0 Å². The van der Waals surface area contributed by atoms with Gasteiger partial charge in [0.05, 0.1) is 11.1 Å². The van der Waals surface area contributed by atoms with Crippen LogP contribution in [0, 0.1) is 12.3 Å². The van der Waals surface area contributed by atoms with E-state index in [2.05, 4.69) is 53.8 Å². The standard InChI is InChI=1S/C24H25BrN8OS/c1-13-30-31-21(35-13)14-3-7-17(8-4-14)33-20-18(19(25)32-33)12-26-23(29-20)28-16-9-10-24(2,11-16)22(34)27-15-5-6-15/h3-4,7-8,12,15-16H,5-6,9-11H2,1-2H3,(H,27,34)(H,26,28,29)/t16-,24-/m1/s1. The zero-order valence-corrected chi connectivity index (χ0v) is 21.9. The minimum absolute atomic E-state index is 0.150. The van der Waals surface area contributed by atoms with Crippen LogP contribution in [0.4, 0.5) is 5.95 Å². The normalized spacial score (nSPS) is 22.0. The summed E-state index contributed by atoms with van der Waals surface area (Å²) in [5, 5.41) is 22.3. The van der Waals surface area contributed by atoms with E-state index < -0.39 is 0 Å². The highest BCUT2D eigenvalue weighted by Crippen LogP contribution is 2.40. The van der Waals surface area contributed by atoms with Crippen LogP contribution in [0.2, 0.25) is 0 Å². The number of hydrogen-bond donors (Lipinski definition) is 2. The number of nitrogens with one attached hydrogen (secondary N) is 2. The highest BCUT2D eigenvalue weighted by Gasteiger charge is 2.43. The Balaban J connectivity index is 1.23. The first-order valence-electron chi connectivity index (χ1n) is 11.8. The predicted octanol–water partition coefficient (Wildman–Crippen LogP) is 4.65. The van der Waals surface area contributed by atoms with Gasteiger partial charge in [0.15, 0.2) is 5.65 Å². The van der Waals surface area contributed by atoms with Gasteiger partial charge in [-0.2, -0.15) is 10.1 Å². The van der Waals surface area contributed by atoms with Gasteiger partial charge in [-0.05, 0) is 79.2 Å². The van der Waals surface area contributed by atoms with Crippen molar-refractivity contribution in [2.45, 2.75) is 58.0 Å². The number of carbonyl (C=O) groups excluding carboxylic acids is 1. The molecule has 2 fully saturated rings. The zero-order chi connectivity index (χ0) is 24.2. The van der Waals surface area contributed by atoms with E-state index in [-0.39, 0.29) is 17.4 Å². The SMILES string of the molecule is Cc1nnc(-c2ccc(-n3nc(Br)c4cnc(N[C@@H]5CC[C@@](C)(C(=O)NC6CC6)C5)nc43)cc2)s1. The van der Waals surface area contributed by atoms with E-state index in [0.29, 0.717) is 22.2 Å². The number of aryl methyl sites for hydroxylation is 1. The molecule has 11 heteroatoms. The van der Waals surface area contributed by atoms with Crippen molar-refractivity contribution in [1.29, 1.82) is 0 Å². The number of aromatic nitrogens is 6. The first kappa shape index (κ1) is 22.5. The Morgan fingerprint density at radius 1 is 1.17 bits per heavy atom. The first-order valence-corrected chi connectivity index (χ1v) is 13.4. The molecular weight excluding hydrogens is 528 g/mol. The average molecular weight is 553 g/mol. The Morgan fingerprint density at radius 2 is 1.97 bits per heavy atom. The number of fused-ring (bicyclic) bond motifs is 1. The van der Waals surface area contributed by atoms with Crippen LogP contribution in [0.15, 0.2) is 35.1 Å². The number of carbonyl (C=O) groups is 1. The summed E-state index contributed by atoms with van der Waals surface area (Å²) < 4.78 is 2.50. The third kappa shape index (κ3) is 4.42. The van der Waals surface area contributed by atoms with Crippen LogP contribution in [0.25, 0.3) is 27.3 Å². The smallest absolute Gasteiger partial charge is 0.226 e. The summed E-state index contributed by atoms with van der Waals surface area (Å²) in [6.07, 6.45) is 6.52. The van der Waals surface area contributed by atoms with Crippen LogP contribution in [-0.2, 0) is 4.79 Å². The van der Waals surface area contributed by atoms with E-state index in [1.165, 1.54) is 0 Å². The second-order valence-corrected chi connectivity index (χ2v) is 11.6. The lowest BCUT2D eigenvalue weighted by atomic mass is 9.87. The van der Waals surface area contributed by atoms with Gasteiger partial charge >= 0.3 is 0 Å². The zero-order valence-electron chi connectivity index (χ0n) is 19.5. The maximum atomic E-state index is 12.7. The summed E-state index contributed by atoms with van der Waals surface area (Å²) in [5.41, 5.74) is 2.27. The molecule has 0 saturated heterocycles. The molecule has 0 bridgehead atoms. The predicted molar refractivity (Wildman–Crippen MR) is 139 cm³/mol. The summed E-state index contributed by atoms with van der Waals surface area (Å²) in [6.45, 7) is 4.01. The third-order valence-electron chi connectivity index (χ3n) is 6.80. The molecule has 2 aliphatic rings. The molecule has 6 rings (SSSR count). The Kier molecular flexibility index (Phi) is 5.56. The number of nitrogens with zero attached hydrogens (tertiary/aromatic N) is 6. The van der Waals surface area contributed by atoms with E-state index >= 15 is 0 Å². The van der Waals surface area contributed by atoms with Crippen LogP contribution in [0.3, 0.4) is 0 Å². The average Bonchev–Trinajstić information content (AvgIpc) is 3.27. The maximum Gasteiger partial charge on any atom is 0.226 e. The van der Waals surface area contributed by atoms with Gasteiger partial charge in [-0.3, -0.25) is 4.79 Å². The van der Waals surface area contributed by atoms with E-state index in [4.69, 9.17) is 4.98 Å². The number of rotatable bonds is 6. The Morgan fingerprint density at radius 3 is 2.69 bits per heavy atom. The van der Waals surface area contributed by atoms with Crippen molar-refractivity contribution < 1.29 is 4.79 Å². The molecule has 0 unspecified atom stereocenters. The lowest BCUT2D eigenvalue weighted by Gasteiger charge is -2.23. The molecule has 0 radical (unpaired) electrons. The molecule has 2 saturated carbocycles. The largest absolute Gasteiger partial charge is 0.353 e. The topological polar surface area (TPSA) is 111 Å². The third-order valence-corrected chi connectivity index (χ3v) is 8.27.